The van der Waals surface area contributed by atoms with Crippen LogP contribution in [0.4, 0.5) is 5.69 Å². The summed E-state index contributed by atoms with van der Waals surface area (Å²) in [6.07, 6.45) is 5.90. The van der Waals surface area contributed by atoms with Gasteiger partial charge < -0.3 is 0 Å². The summed E-state index contributed by atoms with van der Waals surface area (Å²) < 4.78 is 30.5. The van der Waals surface area contributed by atoms with Gasteiger partial charge in [-0.2, -0.15) is 13.5 Å². The second-order valence-corrected chi connectivity index (χ2v) is 5.14. The number of nitrogens with one attached hydrogen (secondary N) is 1. The van der Waals surface area contributed by atoms with Crippen LogP contribution in [0.15, 0.2) is 58.6 Å². The second-order valence-electron chi connectivity index (χ2n) is 3.72. The smallest absolute Gasteiger partial charge is 0.290 e. The summed E-state index contributed by atoms with van der Waals surface area (Å²) >= 11 is 0. The zero-order valence-corrected chi connectivity index (χ0v) is 10.5. The van der Waals surface area contributed by atoms with Crippen LogP contribution in [-0.4, -0.2) is 24.5 Å². The Morgan fingerprint density at radius 3 is 2.11 bits per heavy atom. The number of hydrazone groups is 1. The molecule has 98 valence electrons. The predicted molar refractivity (Wildman–Crippen MR) is 70.6 cm³/mol. The Hall–Kier alpha value is -2.25. The van der Waals surface area contributed by atoms with Gasteiger partial charge in [0.2, 0.25) is 0 Å². The first kappa shape index (κ1) is 13.2. The van der Waals surface area contributed by atoms with E-state index in [1.165, 1.54) is 36.4 Å². The molecule has 2 rings (SSSR count). The molecule has 0 radical (unpaired) electrons. The van der Waals surface area contributed by atoms with E-state index < -0.39 is 10.1 Å². The van der Waals surface area contributed by atoms with Crippen LogP contribution in [0.1, 0.15) is 0 Å². The van der Waals surface area contributed by atoms with Gasteiger partial charge in [0.1, 0.15) is 0 Å². The Morgan fingerprint density at radius 2 is 1.58 bits per heavy atom. The molecule has 0 unspecified atom stereocenters. The topological polar surface area (TPSA) is 95.8 Å². The summed E-state index contributed by atoms with van der Waals surface area (Å²) in [5.74, 6) is -0.101. The van der Waals surface area contributed by atoms with E-state index in [1.807, 2.05) is 0 Å². The van der Waals surface area contributed by atoms with Crippen LogP contribution in [0.3, 0.4) is 0 Å². The Labute approximate surface area is 109 Å². The summed E-state index contributed by atoms with van der Waals surface area (Å²) in [5.41, 5.74) is 3.83. The lowest BCUT2D eigenvalue weighted by Crippen LogP contribution is -2.02. The van der Waals surface area contributed by atoms with Crippen LogP contribution >= 0.6 is 0 Å². The monoisotopic (exact) mass is 278 g/mol. The number of rotatable bonds is 3. The first-order valence-corrected chi connectivity index (χ1v) is 6.70. The van der Waals surface area contributed by atoms with Gasteiger partial charge in [0.05, 0.1) is 16.3 Å². The third-order valence-electron chi connectivity index (χ3n) is 2.30. The molecule has 1 aromatic carbocycles. The molecule has 0 amide bonds. The molecule has 1 aliphatic rings. The lowest BCUT2D eigenvalue weighted by atomic mass is 10.2. The van der Waals surface area contributed by atoms with E-state index in [0.717, 1.165) is 0 Å². The molecular weight excluding hydrogens is 268 g/mol. The number of carbonyl (C=O) groups excluding carboxylic acids is 1. The van der Waals surface area contributed by atoms with E-state index in [2.05, 4.69) is 10.5 Å². The zero-order chi connectivity index (χ0) is 13.9. The van der Waals surface area contributed by atoms with E-state index in [1.54, 1.807) is 12.2 Å². The molecule has 0 spiro atoms. The van der Waals surface area contributed by atoms with Gasteiger partial charge in [-0.1, -0.05) is 0 Å². The molecule has 2 N–H and O–H groups in total. The maximum Gasteiger partial charge on any atom is 0.294 e. The van der Waals surface area contributed by atoms with Crippen molar-refractivity contribution in [2.45, 2.75) is 4.90 Å². The van der Waals surface area contributed by atoms with E-state index >= 15 is 0 Å². The highest BCUT2D eigenvalue weighted by Gasteiger charge is 2.08. The highest BCUT2D eigenvalue weighted by atomic mass is 32.2. The molecule has 0 aliphatic heterocycles. The zero-order valence-electron chi connectivity index (χ0n) is 9.65. The van der Waals surface area contributed by atoms with Gasteiger partial charge >= 0.3 is 0 Å². The molecule has 0 bridgehead atoms. The first-order chi connectivity index (χ1) is 8.95. The standard InChI is InChI=1S/C12H10N2O4S/c15-11-5-1-9(2-6-11)13-14-10-3-7-12(8-4-10)19(16,17)18/h1-8,14H,(H,16,17,18). The van der Waals surface area contributed by atoms with Gasteiger partial charge in [0.15, 0.2) is 5.78 Å². The van der Waals surface area contributed by atoms with Gasteiger partial charge in [0, 0.05) is 0 Å². The number of hydrogen-bond donors (Lipinski definition) is 2. The number of nitrogens with zero attached hydrogens (tertiary/aromatic N) is 1. The largest absolute Gasteiger partial charge is 0.294 e. The van der Waals surface area contributed by atoms with Crippen molar-refractivity contribution in [2.24, 2.45) is 5.10 Å². The number of carbonyl (C=O) groups is 1. The highest BCUT2D eigenvalue weighted by Crippen LogP contribution is 2.13. The number of allylic oxidation sites excluding steroid dienone is 4. The van der Waals surface area contributed by atoms with Crippen molar-refractivity contribution in [3.63, 3.8) is 0 Å². The van der Waals surface area contributed by atoms with Crippen molar-refractivity contribution >= 4 is 27.3 Å². The van der Waals surface area contributed by atoms with E-state index in [9.17, 15) is 13.2 Å². The molecule has 19 heavy (non-hydrogen) atoms. The number of anilines is 1. The van der Waals surface area contributed by atoms with Crippen molar-refractivity contribution in [3.05, 3.63) is 48.6 Å². The lowest BCUT2D eigenvalue weighted by Gasteiger charge is -2.03. The van der Waals surface area contributed by atoms with Gasteiger partial charge in [0.25, 0.3) is 10.1 Å². The number of hydrogen-bond acceptors (Lipinski definition) is 5. The second kappa shape index (κ2) is 5.17. The average Bonchev–Trinajstić information content (AvgIpc) is 2.37. The quantitative estimate of drug-likeness (QED) is 0.495. The van der Waals surface area contributed by atoms with Crippen molar-refractivity contribution < 1.29 is 17.8 Å². The fourth-order valence-corrected chi connectivity index (χ4v) is 1.83. The van der Waals surface area contributed by atoms with Crippen molar-refractivity contribution in [1.29, 1.82) is 0 Å². The molecule has 6 nitrogen and oxygen atoms in total. The number of benzene rings is 1. The van der Waals surface area contributed by atoms with Crippen LogP contribution in [0.2, 0.25) is 0 Å². The summed E-state index contributed by atoms with van der Waals surface area (Å²) in [5, 5.41) is 4.01. The molecule has 0 heterocycles. The Morgan fingerprint density at radius 1 is 1.00 bits per heavy atom. The summed E-state index contributed by atoms with van der Waals surface area (Å²) in [6, 6.07) is 5.45. The van der Waals surface area contributed by atoms with Crippen LogP contribution in [0, 0.1) is 0 Å². The molecule has 0 fully saturated rings. The number of ketones is 1. The van der Waals surface area contributed by atoms with Crippen LogP contribution in [0.25, 0.3) is 0 Å². The van der Waals surface area contributed by atoms with Crippen LogP contribution in [-0.2, 0) is 14.9 Å². The summed E-state index contributed by atoms with van der Waals surface area (Å²) in [4.78, 5) is 10.7. The molecule has 7 heteroatoms. The van der Waals surface area contributed by atoms with Crippen molar-refractivity contribution in [2.75, 3.05) is 5.43 Å². The minimum atomic E-state index is -4.18. The minimum absolute atomic E-state index is 0.101. The fraction of sp³-hybridized carbons (Fsp3) is 0. The molecule has 0 atom stereocenters. The average molecular weight is 278 g/mol. The van der Waals surface area contributed by atoms with E-state index in [-0.39, 0.29) is 10.7 Å². The van der Waals surface area contributed by atoms with Gasteiger partial charge in [-0.05, 0) is 48.6 Å². The Kier molecular flexibility index (Phi) is 3.59. The molecular formula is C12H10N2O4S. The van der Waals surface area contributed by atoms with E-state index in [0.29, 0.717) is 11.4 Å². The highest BCUT2D eigenvalue weighted by molar-refractivity contribution is 7.85. The van der Waals surface area contributed by atoms with Crippen LogP contribution < -0.4 is 5.43 Å². The Bertz CT molecular complexity index is 667. The van der Waals surface area contributed by atoms with Gasteiger partial charge in [-0.3, -0.25) is 14.8 Å². The van der Waals surface area contributed by atoms with Crippen LogP contribution in [0.5, 0.6) is 0 Å². The van der Waals surface area contributed by atoms with Crippen molar-refractivity contribution in [1.82, 2.24) is 0 Å². The maximum absolute atomic E-state index is 10.9. The third-order valence-corrected chi connectivity index (χ3v) is 3.17. The van der Waals surface area contributed by atoms with Gasteiger partial charge in [-0.15, -0.1) is 0 Å². The third kappa shape index (κ3) is 3.60. The molecule has 0 saturated carbocycles. The maximum atomic E-state index is 10.9. The molecule has 0 aromatic heterocycles. The minimum Gasteiger partial charge on any atom is -0.290 e. The molecule has 0 saturated heterocycles. The first-order valence-electron chi connectivity index (χ1n) is 5.26. The normalized spacial score (nSPS) is 14.6. The fourth-order valence-electron chi connectivity index (χ4n) is 1.35. The van der Waals surface area contributed by atoms with Crippen molar-refractivity contribution in [3.8, 4) is 0 Å². The molecule has 1 aliphatic carbocycles. The molecule has 1 aromatic rings. The Balaban J connectivity index is 2.09. The predicted octanol–water partition coefficient (Wildman–Crippen LogP) is 1.40. The lowest BCUT2D eigenvalue weighted by molar-refractivity contribution is -0.110. The SMILES string of the molecule is O=C1C=CC(=NNc2ccc(S(=O)(=O)O)cc2)C=C1. The van der Waals surface area contributed by atoms with Gasteiger partial charge in [-0.25, -0.2) is 0 Å². The summed E-state index contributed by atoms with van der Waals surface area (Å²) in [7, 11) is -4.18. The van der Waals surface area contributed by atoms with E-state index in [4.69, 9.17) is 4.55 Å². The summed E-state index contributed by atoms with van der Waals surface area (Å²) in [6.45, 7) is 0.